The Morgan fingerprint density at radius 1 is 0.164 bits per heavy atom. The predicted octanol–water partition coefficient (Wildman–Crippen LogP) is 34.1. The minimum Gasteiger partial charge on any atom is -0.381 e. The highest BCUT2D eigenvalue weighted by molar-refractivity contribution is 6.02. The number of nitrogens with one attached hydrogen (secondary N) is 1. The number of allylic oxidation sites excluding steroid dienone is 2. The van der Waals surface area contributed by atoms with Crippen LogP contribution < -0.4 is 5.32 Å². The quantitative estimate of drug-likeness (QED) is 0.0788. The monoisotopic (exact) mass is 1870 g/mol. The Kier molecular flexibility index (Phi) is 26.1. The van der Waals surface area contributed by atoms with E-state index in [9.17, 15) is 0 Å². The summed E-state index contributed by atoms with van der Waals surface area (Å²) >= 11 is 0. The van der Waals surface area contributed by atoms with Crippen molar-refractivity contribution in [1.82, 2.24) is 50.2 Å². The fourth-order valence-corrected chi connectivity index (χ4v) is 19.0. The molecular formula is C136H94N10. The summed E-state index contributed by atoms with van der Waals surface area (Å²) in [7, 11) is 0. The second-order valence-corrected chi connectivity index (χ2v) is 36.0. The zero-order valence-electron chi connectivity index (χ0n) is 79.8. The van der Waals surface area contributed by atoms with Crippen LogP contribution >= 0.6 is 0 Å². The maximum absolute atomic E-state index is 5.32. The third-order valence-electron chi connectivity index (χ3n) is 26.5. The molecule has 1 aliphatic heterocycles. The van der Waals surface area contributed by atoms with E-state index in [4.69, 9.17) is 34.9 Å². The molecule has 0 saturated carbocycles. The highest BCUT2D eigenvalue weighted by Crippen LogP contribution is 2.44. The van der Waals surface area contributed by atoms with Crippen LogP contribution in [0, 0.1) is 0 Å². The number of hydrogen-bond acceptors (Lipinski definition) is 10. The zero-order valence-corrected chi connectivity index (χ0v) is 79.8. The summed E-state index contributed by atoms with van der Waals surface area (Å²) < 4.78 is 0. The Bertz CT molecular complexity index is 8400. The molecule has 8 aromatic heterocycles. The lowest BCUT2D eigenvalue weighted by Gasteiger charge is -2.17. The average Bonchev–Trinajstić information content (AvgIpc) is 0.774. The van der Waals surface area contributed by atoms with Crippen molar-refractivity contribution in [3.8, 4) is 213 Å². The van der Waals surface area contributed by atoms with Crippen LogP contribution in [0.2, 0.25) is 0 Å². The highest BCUT2D eigenvalue weighted by Gasteiger charge is 2.22. The molecule has 0 amide bonds. The van der Waals surface area contributed by atoms with Gasteiger partial charge in [0, 0.05) is 116 Å². The van der Waals surface area contributed by atoms with Gasteiger partial charge in [-0.05, 0) is 245 Å². The van der Waals surface area contributed by atoms with Crippen LogP contribution in [0.4, 0.5) is 0 Å². The smallest absolute Gasteiger partial charge is 0.160 e. The maximum Gasteiger partial charge on any atom is 0.160 e. The van der Waals surface area contributed by atoms with Gasteiger partial charge in [-0.15, -0.1) is 0 Å². The molecular weight excluding hydrogens is 1770 g/mol. The van der Waals surface area contributed by atoms with Gasteiger partial charge in [0.15, 0.2) is 5.82 Å². The van der Waals surface area contributed by atoms with Crippen LogP contribution in [-0.4, -0.2) is 51.4 Å². The van der Waals surface area contributed by atoms with E-state index in [-0.39, 0.29) is 0 Å². The lowest BCUT2D eigenvalue weighted by molar-refractivity contribution is 0.996. The number of nitrogens with zero attached hydrogens (tertiary/aromatic N) is 9. The van der Waals surface area contributed by atoms with Crippen LogP contribution in [0.1, 0.15) is 5.56 Å². The number of hydrogen-bond donors (Lipinski definition) is 1. The zero-order chi connectivity index (χ0) is 97.5. The highest BCUT2D eigenvalue weighted by atomic mass is 14.9. The minimum absolute atomic E-state index is 0.656. The van der Waals surface area contributed by atoms with Crippen molar-refractivity contribution in [1.29, 1.82) is 0 Å². The third kappa shape index (κ3) is 20.5. The van der Waals surface area contributed by atoms with Crippen LogP contribution in [0.5, 0.6) is 0 Å². The van der Waals surface area contributed by atoms with E-state index in [0.29, 0.717) is 5.82 Å². The van der Waals surface area contributed by atoms with Gasteiger partial charge in [0.1, 0.15) is 0 Å². The van der Waals surface area contributed by atoms with Gasteiger partial charge in [-0.25, -0.2) is 19.9 Å². The number of pyridine rings is 7. The summed E-state index contributed by atoms with van der Waals surface area (Å²) in [5.74, 6) is 0.656. The van der Waals surface area contributed by atoms with E-state index in [0.717, 1.165) is 225 Å². The van der Waals surface area contributed by atoms with E-state index in [1.807, 2.05) is 110 Å². The van der Waals surface area contributed by atoms with Crippen LogP contribution in [0.15, 0.2) is 553 Å². The Balaban J connectivity index is 0.000000122. The largest absolute Gasteiger partial charge is 0.381 e. The summed E-state index contributed by atoms with van der Waals surface area (Å²) in [5.41, 5.74) is 40.5. The molecule has 0 atom stereocenters. The van der Waals surface area contributed by atoms with Gasteiger partial charge in [-0.2, -0.15) is 0 Å². The third-order valence-corrected chi connectivity index (χ3v) is 26.5. The van der Waals surface area contributed by atoms with E-state index in [1.54, 1.807) is 0 Å². The molecule has 1 N–H and O–H groups in total. The number of dihydropyridines is 1. The maximum atomic E-state index is 5.32. The molecule has 0 spiro atoms. The minimum atomic E-state index is 0.656. The normalized spacial score (nSPS) is 11.5. The molecule has 0 bridgehead atoms. The number of fused-ring (bicyclic) bond motifs is 2. The Morgan fingerprint density at radius 2 is 0.466 bits per heavy atom. The van der Waals surface area contributed by atoms with Gasteiger partial charge in [-0.3, -0.25) is 24.9 Å². The van der Waals surface area contributed by atoms with Crippen LogP contribution in [-0.2, 0) is 0 Å². The van der Waals surface area contributed by atoms with Crippen molar-refractivity contribution in [2.24, 2.45) is 0 Å². The first-order chi connectivity index (χ1) is 72.3. The Hall–Kier alpha value is -19.6. The first kappa shape index (κ1) is 90.3. The molecule has 10 heteroatoms. The summed E-state index contributed by atoms with van der Waals surface area (Å²) in [6.45, 7) is 0.807. The fourth-order valence-electron chi connectivity index (χ4n) is 19.0. The molecule has 0 radical (unpaired) electrons. The van der Waals surface area contributed by atoms with Crippen molar-refractivity contribution in [3.63, 3.8) is 0 Å². The molecule has 25 rings (SSSR count). The summed E-state index contributed by atoms with van der Waals surface area (Å²) in [6, 6.07) is 176. The lowest BCUT2D eigenvalue weighted by Crippen LogP contribution is -2.14. The Labute approximate surface area is 849 Å². The fraction of sp³-hybridized carbons (Fsp3) is 0.00735. The molecule has 0 unspecified atom stereocenters. The van der Waals surface area contributed by atoms with E-state index >= 15 is 0 Å². The predicted molar refractivity (Wildman–Crippen MR) is 603 cm³/mol. The summed E-state index contributed by atoms with van der Waals surface area (Å²) in [4.78, 5) is 44.6. The van der Waals surface area contributed by atoms with Gasteiger partial charge >= 0.3 is 0 Å². The summed E-state index contributed by atoms with van der Waals surface area (Å²) in [6.07, 6.45) is 15.8. The van der Waals surface area contributed by atoms with Crippen molar-refractivity contribution in [2.45, 2.75) is 0 Å². The second kappa shape index (κ2) is 42.2. The van der Waals surface area contributed by atoms with Gasteiger partial charge in [0.25, 0.3) is 0 Å². The van der Waals surface area contributed by atoms with E-state index in [2.05, 4.69) is 458 Å². The molecule has 16 aromatic carbocycles. The molecule has 0 fully saturated rings. The number of benzene rings is 16. The van der Waals surface area contributed by atoms with E-state index in [1.165, 1.54) is 21.5 Å². The SMILES string of the molecule is C1=CCNC(c2cc(-c3cc(-c4ccccc4)nc(-c4ccccc4)c3)cc(-c3ccc(-c4ccccc4)cn3)c2)=C1.c1ccc(-c2ccc(-c3cc(-c4ccc(-c5ccccn5)cc4)nc(-c4cc(-c5cccc6ccccc56)cc(-c5cccc6ccccc56)c4)n3)cc2)nc1.c1ccc(-c2ccnc(-c3cc(-c4cc(-c5ccccc5)nc(-c5ccccc5)c4)cc(-c4cc(-c5ccccc5)ccn4)c3)c2)cc1. The van der Waals surface area contributed by atoms with Crippen molar-refractivity contribution < 1.29 is 0 Å². The molecule has 24 aromatic rings. The van der Waals surface area contributed by atoms with Crippen molar-refractivity contribution in [3.05, 3.63) is 558 Å². The molecule has 688 valence electrons. The lowest BCUT2D eigenvalue weighted by atomic mass is 9.91. The standard InChI is InChI=1S/C52H34N4.C45H31N3.C39H29N3/c1-3-15-44-35(11-1)13-9-17-46(44)41-31-42(47-18-10-14-36-12-2-4-16-45(36)47)33-43(32-41)52-55-50(39-25-21-37(22-26-39)48-19-5-7-29-53-48)34-51(56-52)40-27-23-38(24-28-40)49-20-6-8-30-54-49;1-5-13-32(14-6-1)36-21-23-46-42(28-36)40-25-38(26-41(27-40)43-29-37(22-24-47-43)33-15-7-2-8-16-33)39-30-44(34-17-9-3-10-18-34)48-45(31-39)35-19-11-4-12-20-35;1-4-12-28(13-5-1)31-19-20-37(41-27-31)35-23-32(22-34(24-35)36-18-10-11-21-40-36)33-25-38(29-14-6-2-7-15-29)42-39(26-33)30-16-8-3-9-17-30/h1-34H;1-31H;1-20,22-27,40H,21H2. The molecule has 9 heterocycles. The summed E-state index contributed by atoms with van der Waals surface area (Å²) in [5, 5.41) is 8.34. The van der Waals surface area contributed by atoms with Crippen molar-refractivity contribution >= 4 is 27.2 Å². The molecule has 0 aliphatic carbocycles. The Morgan fingerprint density at radius 3 is 0.863 bits per heavy atom. The van der Waals surface area contributed by atoms with Crippen molar-refractivity contribution in [2.75, 3.05) is 6.54 Å². The first-order valence-electron chi connectivity index (χ1n) is 49.1. The average molecular weight is 1870 g/mol. The molecule has 10 nitrogen and oxygen atoms in total. The van der Waals surface area contributed by atoms with Gasteiger partial charge in [0.2, 0.25) is 0 Å². The number of rotatable bonds is 20. The second-order valence-electron chi connectivity index (χ2n) is 36.0. The molecule has 0 saturated heterocycles. The topological polar surface area (TPSA) is 128 Å². The molecule has 1 aliphatic rings. The van der Waals surface area contributed by atoms with E-state index < -0.39 is 0 Å². The van der Waals surface area contributed by atoms with Gasteiger partial charge in [0.05, 0.1) is 62.6 Å². The molecule has 146 heavy (non-hydrogen) atoms. The number of aromatic nitrogens is 9. The van der Waals surface area contributed by atoms with Crippen LogP contribution in [0.25, 0.3) is 240 Å². The van der Waals surface area contributed by atoms with Gasteiger partial charge < -0.3 is 5.32 Å². The first-order valence-corrected chi connectivity index (χ1v) is 49.1. The van der Waals surface area contributed by atoms with Crippen LogP contribution in [0.3, 0.4) is 0 Å². The van der Waals surface area contributed by atoms with Gasteiger partial charge in [-0.1, -0.05) is 376 Å².